The second-order valence-corrected chi connectivity index (χ2v) is 5.92. The van der Waals surface area contributed by atoms with Crippen LogP contribution in [0.4, 0.5) is 11.4 Å². The lowest BCUT2D eigenvalue weighted by Crippen LogP contribution is -2.26. The lowest BCUT2D eigenvalue weighted by Gasteiger charge is -2.10. The van der Waals surface area contributed by atoms with Gasteiger partial charge in [0.15, 0.2) is 0 Å². The van der Waals surface area contributed by atoms with Gasteiger partial charge in [-0.05, 0) is 12.5 Å². The second kappa shape index (κ2) is 7.17. The Bertz CT molecular complexity index is 574. The number of nitrogens with one attached hydrogen (secondary N) is 2. The van der Waals surface area contributed by atoms with Crippen LogP contribution in [0.15, 0.2) is 23.1 Å². The normalized spacial score (nSPS) is 11.3. The number of nitrogen functional groups attached to an aromatic ring is 1. The van der Waals surface area contributed by atoms with Crippen LogP contribution in [-0.2, 0) is 10.0 Å². The Kier molecular flexibility index (Phi) is 5.86. The summed E-state index contributed by atoms with van der Waals surface area (Å²) in [6, 6.07) is 3.37. The van der Waals surface area contributed by atoms with Crippen molar-refractivity contribution in [1.82, 2.24) is 4.72 Å². The van der Waals surface area contributed by atoms with Gasteiger partial charge in [-0.2, -0.15) is 0 Å². The van der Waals surface area contributed by atoms with Gasteiger partial charge < -0.3 is 5.43 Å². The molecule has 0 bridgehead atoms. The SMILES string of the molecule is CCCCCNS(=O)(=O)c1ccc([N+](=O)[O-])cc1NN. The Morgan fingerprint density at radius 1 is 1.35 bits per heavy atom. The van der Waals surface area contributed by atoms with Crippen LogP contribution >= 0.6 is 0 Å². The van der Waals surface area contributed by atoms with E-state index in [1.54, 1.807) is 0 Å². The molecule has 1 rings (SSSR count). The summed E-state index contributed by atoms with van der Waals surface area (Å²) in [6.07, 6.45) is 2.63. The maximum atomic E-state index is 12.1. The van der Waals surface area contributed by atoms with Gasteiger partial charge in [-0.15, -0.1) is 0 Å². The molecule has 4 N–H and O–H groups in total. The number of nitrogens with two attached hydrogens (primary N) is 1. The van der Waals surface area contributed by atoms with E-state index in [0.717, 1.165) is 37.5 Å². The third kappa shape index (κ3) is 4.15. The highest BCUT2D eigenvalue weighted by molar-refractivity contribution is 7.89. The van der Waals surface area contributed by atoms with Crippen molar-refractivity contribution in [2.24, 2.45) is 5.84 Å². The first-order valence-corrected chi connectivity index (χ1v) is 7.65. The summed E-state index contributed by atoms with van der Waals surface area (Å²) in [5, 5.41) is 10.6. The molecule has 0 saturated carbocycles. The zero-order chi connectivity index (χ0) is 15.2. The fourth-order valence-corrected chi connectivity index (χ4v) is 2.86. The average Bonchev–Trinajstić information content (AvgIpc) is 2.42. The Morgan fingerprint density at radius 3 is 2.60 bits per heavy atom. The van der Waals surface area contributed by atoms with E-state index in [0.29, 0.717) is 6.54 Å². The first-order chi connectivity index (χ1) is 9.42. The monoisotopic (exact) mass is 302 g/mol. The molecule has 0 aliphatic heterocycles. The van der Waals surface area contributed by atoms with E-state index < -0.39 is 14.9 Å². The number of hydrogen-bond acceptors (Lipinski definition) is 6. The molecule has 0 aliphatic rings. The first-order valence-electron chi connectivity index (χ1n) is 6.17. The number of hydrogen-bond donors (Lipinski definition) is 3. The van der Waals surface area contributed by atoms with Crippen molar-refractivity contribution in [3.8, 4) is 0 Å². The fourth-order valence-electron chi connectivity index (χ4n) is 1.64. The summed E-state index contributed by atoms with van der Waals surface area (Å²) < 4.78 is 26.6. The number of non-ortho nitro benzene ring substituents is 1. The Balaban J connectivity index is 2.96. The molecule has 0 fully saturated rings. The topological polar surface area (TPSA) is 127 Å². The number of nitrogens with zero attached hydrogens (tertiary/aromatic N) is 1. The molecule has 0 amide bonds. The largest absolute Gasteiger partial charge is 0.323 e. The highest BCUT2D eigenvalue weighted by Crippen LogP contribution is 2.25. The predicted molar refractivity (Wildman–Crippen MR) is 75.6 cm³/mol. The molecule has 0 aromatic heterocycles. The smallest absolute Gasteiger partial charge is 0.271 e. The van der Waals surface area contributed by atoms with Crippen molar-refractivity contribution in [1.29, 1.82) is 0 Å². The van der Waals surface area contributed by atoms with Gasteiger partial charge in [-0.3, -0.25) is 16.0 Å². The number of unbranched alkanes of at least 4 members (excludes halogenated alkanes) is 2. The molecule has 8 nitrogen and oxygen atoms in total. The van der Waals surface area contributed by atoms with Crippen LogP contribution in [0.5, 0.6) is 0 Å². The van der Waals surface area contributed by atoms with Gasteiger partial charge in [0.2, 0.25) is 10.0 Å². The van der Waals surface area contributed by atoms with Crippen molar-refractivity contribution in [3.05, 3.63) is 28.3 Å². The van der Waals surface area contributed by atoms with E-state index in [9.17, 15) is 18.5 Å². The Morgan fingerprint density at radius 2 is 2.05 bits per heavy atom. The zero-order valence-corrected chi connectivity index (χ0v) is 11.9. The van der Waals surface area contributed by atoms with Crippen molar-refractivity contribution < 1.29 is 13.3 Å². The number of benzene rings is 1. The van der Waals surface area contributed by atoms with E-state index in [1.807, 2.05) is 6.92 Å². The van der Waals surface area contributed by atoms with E-state index in [1.165, 1.54) is 0 Å². The summed E-state index contributed by atoms with van der Waals surface area (Å²) in [4.78, 5) is 9.92. The van der Waals surface area contributed by atoms with Gasteiger partial charge in [0.25, 0.3) is 5.69 Å². The molecule has 1 aromatic carbocycles. The van der Waals surface area contributed by atoms with E-state index in [2.05, 4.69) is 10.1 Å². The van der Waals surface area contributed by atoms with Gasteiger partial charge in [-0.25, -0.2) is 13.1 Å². The lowest BCUT2D eigenvalue weighted by atomic mass is 10.3. The van der Waals surface area contributed by atoms with Crippen LogP contribution in [0.25, 0.3) is 0 Å². The quantitative estimate of drug-likeness (QED) is 0.288. The maximum absolute atomic E-state index is 12.1. The number of rotatable bonds is 8. The van der Waals surface area contributed by atoms with Crippen molar-refractivity contribution in [3.63, 3.8) is 0 Å². The minimum Gasteiger partial charge on any atom is -0.323 e. The number of sulfonamides is 1. The number of anilines is 1. The third-order valence-corrected chi connectivity index (χ3v) is 4.21. The van der Waals surface area contributed by atoms with Crippen LogP contribution in [0.3, 0.4) is 0 Å². The van der Waals surface area contributed by atoms with Gasteiger partial charge in [0.1, 0.15) is 4.90 Å². The average molecular weight is 302 g/mol. The fraction of sp³-hybridized carbons (Fsp3) is 0.455. The van der Waals surface area contributed by atoms with Gasteiger partial charge >= 0.3 is 0 Å². The molecule has 9 heteroatoms. The minimum absolute atomic E-state index is 0.0119. The van der Waals surface area contributed by atoms with Gasteiger partial charge in [0, 0.05) is 18.7 Å². The van der Waals surface area contributed by atoms with Crippen LogP contribution < -0.4 is 16.0 Å². The molecule has 0 unspecified atom stereocenters. The summed E-state index contributed by atoms with van der Waals surface area (Å²) in [7, 11) is -3.74. The van der Waals surface area contributed by atoms with Crippen LogP contribution in [0.2, 0.25) is 0 Å². The Hall–Kier alpha value is -1.71. The summed E-state index contributed by atoms with van der Waals surface area (Å²) >= 11 is 0. The van der Waals surface area contributed by atoms with Gasteiger partial charge in [-0.1, -0.05) is 19.8 Å². The van der Waals surface area contributed by atoms with E-state index >= 15 is 0 Å². The molecule has 0 saturated heterocycles. The molecule has 0 aliphatic carbocycles. The zero-order valence-electron chi connectivity index (χ0n) is 11.1. The van der Waals surface area contributed by atoms with Gasteiger partial charge in [0.05, 0.1) is 10.6 Å². The molecule has 1 aromatic rings. The first kappa shape index (κ1) is 16.3. The Labute approximate surface area is 117 Å². The minimum atomic E-state index is -3.74. The molecule has 0 spiro atoms. The summed E-state index contributed by atoms with van der Waals surface area (Å²) in [6.45, 7) is 2.33. The van der Waals surface area contributed by atoms with E-state index in [-0.39, 0.29) is 16.3 Å². The molecule has 20 heavy (non-hydrogen) atoms. The van der Waals surface area contributed by atoms with Crippen LogP contribution in [0.1, 0.15) is 26.2 Å². The number of hydrazine groups is 1. The lowest BCUT2D eigenvalue weighted by molar-refractivity contribution is -0.384. The summed E-state index contributed by atoms with van der Waals surface area (Å²) in [5.41, 5.74) is 1.93. The second-order valence-electron chi connectivity index (χ2n) is 4.19. The van der Waals surface area contributed by atoms with Crippen molar-refractivity contribution in [2.45, 2.75) is 31.1 Å². The van der Waals surface area contributed by atoms with Crippen LogP contribution in [-0.4, -0.2) is 19.9 Å². The highest BCUT2D eigenvalue weighted by Gasteiger charge is 2.20. The molecular weight excluding hydrogens is 284 g/mol. The molecule has 0 heterocycles. The number of nitro groups is 1. The number of nitro benzene ring substituents is 1. The molecular formula is C11H18N4O4S. The van der Waals surface area contributed by atoms with E-state index in [4.69, 9.17) is 5.84 Å². The predicted octanol–water partition coefficient (Wildman–Crippen LogP) is 1.35. The molecule has 0 radical (unpaired) electrons. The molecule has 0 atom stereocenters. The summed E-state index contributed by atoms with van der Waals surface area (Å²) in [5.74, 6) is 5.23. The third-order valence-electron chi connectivity index (χ3n) is 2.69. The highest BCUT2D eigenvalue weighted by atomic mass is 32.2. The van der Waals surface area contributed by atoms with Crippen molar-refractivity contribution in [2.75, 3.05) is 12.0 Å². The van der Waals surface area contributed by atoms with Crippen molar-refractivity contribution >= 4 is 21.4 Å². The maximum Gasteiger partial charge on any atom is 0.271 e. The molecule has 112 valence electrons. The standard InChI is InChI=1S/C11H18N4O4S/c1-2-3-4-7-13-20(18,19)11-6-5-9(15(16)17)8-10(11)14-12/h5-6,8,13-14H,2-4,7,12H2,1H3. The van der Waals surface area contributed by atoms with Crippen LogP contribution in [0, 0.1) is 10.1 Å².